The first kappa shape index (κ1) is 20.2. The standard InChI is InChI=1S/C13H26N4O3.HI/c1-4-19-11-6-15-12(14-3)16-7-9-17(10-8-16)13(18)20-5-2;/h4-11H2,1-3H3,(H,14,15);1H. The Bertz CT molecular complexity index is 321. The Morgan fingerprint density at radius 1 is 1.14 bits per heavy atom. The van der Waals surface area contributed by atoms with Crippen molar-refractivity contribution < 1.29 is 14.3 Å². The van der Waals surface area contributed by atoms with E-state index in [1.165, 1.54) is 0 Å². The fourth-order valence-corrected chi connectivity index (χ4v) is 2.03. The third-order valence-electron chi connectivity index (χ3n) is 3.05. The van der Waals surface area contributed by atoms with Gasteiger partial charge in [-0.3, -0.25) is 4.99 Å². The molecule has 0 aromatic carbocycles. The summed E-state index contributed by atoms with van der Waals surface area (Å²) in [5.74, 6) is 0.855. The molecule has 1 amide bonds. The lowest BCUT2D eigenvalue weighted by Crippen LogP contribution is -2.54. The summed E-state index contributed by atoms with van der Waals surface area (Å²) in [6.07, 6.45) is -0.230. The molecule has 7 nitrogen and oxygen atoms in total. The van der Waals surface area contributed by atoms with Crippen LogP contribution in [0.15, 0.2) is 4.99 Å². The van der Waals surface area contributed by atoms with E-state index < -0.39 is 0 Å². The lowest BCUT2D eigenvalue weighted by Gasteiger charge is -2.35. The van der Waals surface area contributed by atoms with Gasteiger partial charge < -0.3 is 24.6 Å². The molecule has 0 bridgehead atoms. The highest BCUT2D eigenvalue weighted by Gasteiger charge is 2.23. The molecule has 0 aromatic rings. The van der Waals surface area contributed by atoms with Crippen LogP contribution in [0.3, 0.4) is 0 Å². The number of rotatable bonds is 5. The molecule has 0 radical (unpaired) electrons. The number of nitrogens with zero attached hydrogens (tertiary/aromatic N) is 3. The van der Waals surface area contributed by atoms with Crippen molar-refractivity contribution >= 4 is 36.0 Å². The van der Waals surface area contributed by atoms with Crippen molar-refractivity contribution in [2.45, 2.75) is 13.8 Å². The SMILES string of the molecule is CCOCCNC(=NC)N1CCN(C(=O)OCC)CC1.I. The average molecular weight is 414 g/mol. The fourth-order valence-electron chi connectivity index (χ4n) is 2.03. The van der Waals surface area contributed by atoms with Gasteiger partial charge in [-0.05, 0) is 13.8 Å². The Kier molecular flexibility index (Phi) is 11.4. The number of nitrogens with one attached hydrogen (secondary N) is 1. The number of carbonyl (C=O) groups excluding carboxylic acids is 1. The summed E-state index contributed by atoms with van der Waals surface area (Å²) < 4.78 is 10.3. The molecule has 0 aliphatic carbocycles. The molecule has 1 fully saturated rings. The first-order chi connectivity index (χ1) is 9.72. The molecule has 1 rings (SSSR count). The Hall–Kier alpha value is -0.770. The monoisotopic (exact) mass is 414 g/mol. The summed E-state index contributed by atoms with van der Waals surface area (Å²) in [5, 5.41) is 3.26. The van der Waals surface area contributed by atoms with E-state index >= 15 is 0 Å². The van der Waals surface area contributed by atoms with Crippen LogP contribution in [0, 0.1) is 0 Å². The molecule has 124 valence electrons. The Morgan fingerprint density at radius 3 is 2.29 bits per heavy atom. The highest BCUT2D eigenvalue weighted by molar-refractivity contribution is 14.0. The predicted molar refractivity (Wildman–Crippen MR) is 93.4 cm³/mol. The van der Waals surface area contributed by atoms with E-state index in [1.54, 1.807) is 11.9 Å². The fraction of sp³-hybridized carbons (Fsp3) is 0.846. The number of halogens is 1. The normalized spacial score (nSPS) is 15.5. The zero-order valence-corrected chi connectivity index (χ0v) is 15.5. The van der Waals surface area contributed by atoms with E-state index in [0.717, 1.165) is 32.2 Å². The largest absolute Gasteiger partial charge is 0.450 e. The van der Waals surface area contributed by atoms with Crippen LogP contribution < -0.4 is 5.32 Å². The maximum absolute atomic E-state index is 11.6. The van der Waals surface area contributed by atoms with Gasteiger partial charge in [-0.2, -0.15) is 0 Å². The lowest BCUT2D eigenvalue weighted by molar-refractivity contribution is 0.0913. The first-order valence-electron chi connectivity index (χ1n) is 7.17. The molecule has 1 N–H and O–H groups in total. The second kappa shape index (κ2) is 11.8. The van der Waals surface area contributed by atoms with Gasteiger partial charge in [0.2, 0.25) is 0 Å². The van der Waals surface area contributed by atoms with Gasteiger partial charge in [0.1, 0.15) is 0 Å². The highest BCUT2D eigenvalue weighted by Crippen LogP contribution is 2.04. The van der Waals surface area contributed by atoms with Crippen LogP contribution in [0.4, 0.5) is 4.79 Å². The summed E-state index contributed by atoms with van der Waals surface area (Å²) in [5.41, 5.74) is 0. The van der Waals surface area contributed by atoms with Crippen molar-refractivity contribution in [3.63, 3.8) is 0 Å². The van der Waals surface area contributed by atoms with Gasteiger partial charge in [-0.25, -0.2) is 4.79 Å². The smallest absolute Gasteiger partial charge is 0.409 e. The molecule has 1 aliphatic heterocycles. The molecule has 0 unspecified atom stereocenters. The number of carbonyl (C=O) groups is 1. The van der Waals surface area contributed by atoms with E-state index in [4.69, 9.17) is 9.47 Å². The molecule has 0 atom stereocenters. The van der Waals surface area contributed by atoms with Crippen LogP contribution in [0.1, 0.15) is 13.8 Å². The minimum Gasteiger partial charge on any atom is -0.450 e. The van der Waals surface area contributed by atoms with Crippen molar-refractivity contribution in [1.29, 1.82) is 0 Å². The van der Waals surface area contributed by atoms with Crippen molar-refractivity contribution in [3.8, 4) is 0 Å². The second-order valence-corrected chi connectivity index (χ2v) is 4.34. The van der Waals surface area contributed by atoms with E-state index in [1.807, 2.05) is 13.8 Å². The Labute approximate surface area is 144 Å². The summed E-state index contributed by atoms with van der Waals surface area (Å²) in [6, 6.07) is 0. The van der Waals surface area contributed by atoms with Crippen LogP contribution in [0.5, 0.6) is 0 Å². The van der Waals surface area contributed by atoms with Gasteiger partial charge >= 0.3 is 6.09 Å². The van der Waals surface area contributed by atoms with Gasteiger partial charge in [-0.1, -0.05) is 0 Å². The van der Waals surface area contributed by atoms with Crippen LogP contribution in [0.2, 0.25) is 0 Å². The minimum atomic E-state index is -0.230. The number of hydrogen-bond acceptors (Lipinski definition) is 4. The van der Waals surface area contributed by atoms with Crippen LogP contribution in [-0.4, -0.2) is 81.4 Å². The molecular weight excluding hydrogens is 387 g/mol. The van der Waals surface area contributed by atoms with Gasteiger partial charge in [0.25, 0.3) is 0 Å². The average Bonchev–Trinajstić information content (AvgIpc) is 2.48. The van der Waals surface area contributed by atoms with Crippen molar-refractivity contribution in [1.82, 2.24) is 15.1 Å². The number of guanidine groups is 1. The van der Waals surface area contributed by atoms with Gasteiger partial charge in [0.05, 0.1) is 13.2 Å². The molecule has 0 saturated carbocycles. The molecule has 0 spiro atoms. The minimum absolute atomic E-state index is 0. The summed E-state index contributed by atoms with van der Waals surface area (Å²) >= 11 is 0. The van der Waals surface area contributed by atoms with E-state index in [2.05, 4.69) is 15.2 Å². The molecule has 0 aromatic heterocycles. The maximum Gasteiger partial charge on any atom is 0.409 e. The predicted octanol–water partition coefficient (Wildman–Crippen LogP) is 0.990. The number of aliphatic imine (C=N–C) groups is 1. The van der Waals surface area contributed by atoms with Gasteiger partial charge in [-0.15, -0.1) is 24.0 Å². The third kappa shape index (κ3) is 7.16. The number of piperazine rings is 1. The van der Waals surface area contributed by atoms with Crippen LogP contribution >= 0.6 is 24.0 Å². The van der Waals surface area contributed by atoms with E-state index in [0.29, 0.717) is 26.3 Å². The Morgan fingerprint density at radius 2 is 1.76 bits per heavy atom. The Balaban J connectivity index is 0.00000400. The second-order valence-electron chi connectivity index (χ2n) is 4.34. The van der Waals surface area contributed by atoms with E-state index in [9.17, 15) is 4.79 Å². The maximum atomic E-state index is 11.6. The topological polar surface area (TPSA) is 66.4 Å². The molecule has 1 saturated heterocycles. The van der Waals surface area contributed by atoms with E-state index in [-0.39, 0.29) is 30.1 Å². The third-order valence-corrected chi connectivity index (χ3v) is 3.05. The number of ether oxygens (including phenoxy) is 2. The zero-order valence-electron chi connectivity index (χ0n) is 13.1. The first-order valence-corrected chi connectivity index (χ1v) is 7.17. The quantitative estimate of drug-likeness (QED) is 0.315. The van der Waals surface area contributed by atoms with Gasteiger partial charge in [0, 0.05) is 46.4 Å². The molecule has 21 heavy (non-hydrogen) atoms. The van der Waals surface area contributed by atoms with Crippen molar-refractivity contribution in [3.05, 3.63) is 0 Å². The summed E-state index contributed by atoms with van der Waals surface area (Å²) in [6.45, 7) is 9.16. The summed E-state index contributed by atoms with van der Waals surface area (Å²) in [4.78, 5) is 19.7. The molecule has 1 heterocycles. The number of hydrogen-bond donors (Lipinski definition) is 1. The highest BCUT2D eigenvalue weighted by atomic mass is 127. The summed E-state index contributed by atoms with van der Waals surface area (Å²) in [7, 11) is 1.76. The molecule has 1 aliphatic rings. The zero-order chi connectivity index (χ0) is 14.8. The van der Waals surface area contributed by atoms with Crippen molar-refractivity contribution in [2.75, 3.05) is 59.6 Å². The van der Waals surface area contributed by atoms with Crippen LogP contribution in [-0.2, 0) is 9.47 Å². The lowest BCUT2D eigenvalue weighted by atomic mass is 10.3. The van der Waals surface area contributed by atoms with Gasteiger partial charge in [0.15, 0.2) is 5.96 Å². The number of amides is 1. The molecular formula is C13H27IN4O3. The molecule has 8 heteroatoms. The van der Waals surface area contributed by atoms with Crippen molar-refractivity contribution in [2.24, 2.45) is 4.99 Å². The van der Waals surface area contributed by atoms with Crippen LogP contribution in [0.25, 0.3) is 0 Å².